The Hall–Kier alpha value is -1.83. The minimum atomic E-state index is 0. The third-order valence-electron chi connectivity index (χ3n) is 3.71. The summed E-state index contributed by atoms with van der Waals surface area (Å²) in [5, 5.41) is 10.0. The van der Waals surface area contributed by atoms with E-state index in [1.807, 2.05) is 18.2 Å². The van der Waals surface area contributed by atoms with Gasteiger partial charge in [-0.2, -0.15) is 0 Å². The number of hydrogen-bond donors (Lipinski definition) is 3. The Morgan fingerprint density at radius 1 is 1.04 bits per heavy atom. The number of rotatable bonds is 9. The van der Waals surface area contributed by atoms with Crippen LogP contribution in [0.15, 0.2) is 53.7 Å². The number of halogens is 1. The number of aromatic nitrogens is 1. The standard InChI is InChI=1S/C20H29N5.HI/c1-3-21-20(25-16-18-10-8-9-17(2)15-18)24-14-7-6-13-23-19-11-4-5-12-22-19;/h4-5,8-12,15H,3,6-7,13-14,16H2,1-2H3,(H,22,23)(H2,21,24,25);1H. The first-order valence-electron chi connectivity index (χ1n) is 9.00. The van der Waals surface area contributed by atoms with Crippen molar-refractivity contribution in [2.75, 3.05) is 25.0 Å². The minimum absolute atomic E-state index is 0. The van der Waals surface area contributed by atoms with Gasteiger partial charge < -0.3 is 16.0 Å². The van der Waals surface area contributed by atoms with Gasteiger partial charge in [0.15, 0.2) is 5.96 Å². The molecular formula is C20H30IN5. The number of aliphatic imine (C=N–C) groups is 1. The van der Waals surface area contributed by atoms with Gasteiger partial charge in [-0.25, -0.2) is 9.98 Å². The van der Waals surface area contributed by atoms with E-state index in [-0.39, 0.29) is 24.0 Å². The quantitative estimate of drug-likeness (QED) is 0.226. The monoisotopic (exact) mass is 467 g/mol. The van der Waals surface area contributed by atoms with Crippen LogP contribution in [0.1, 0.15) is 30.9 Å². The molecular weight excluding hydrogens is 437 g/mol. The van der Waals surface area contributed by atoms with Gasteiger partial charge in [0, 0.05) is 25.8 Å². The molecule has 2 rings (SSSR count). The van der Waals surface area contributed by atoms with E-state index >= 15 is 0 Å². The number of anilines is 1. The summed E-state index contributed by atoms with van der Waals surface area (Å²) in [4.78, 5) is 8.91. The van der Waals surface area contributed by atoms with Crippen molar-refractivity contribution in [1.29, 1.82) is 0 Å². The molecule has 0 aliphatic carbocycles. The van der Waals surface area contributed by atoms with Crippen molar-refractivity contribution in [1.82, 2.24) is 15.6 Å². The number of nitrogens with one attached hydrogen (secondary N) is 3. The molecule has 1 heterocycles. The van der Waals surface area contributed by atoms with Gasteiger partial charge in [0.25, 0.3) is 0 Å². The predicted octanol–water partition coefficient (Wildman–Crippen LogP) is 3.96. The Morgan fingerprint density at radius 2 is 1.88 bits per heavy atom. The number of unbranched alkanes of at least 4 members (excludes halogenated alkanes) is 1. The zero-order valence-corrected chi connectivity index (χ0v) is 18.0. The first kappa shape index (κ1) is 22.2. The Kier molecular flexibility index (Phi) is 11.4. The summed E-state index contributed by atoms with van der Waals surface area (Å²) in [7, 11) is 0. The van der Waals surface area contributed by atoms with E-state index in [9.17, 15) is 0 Å². The van der Waals surface area contributed by atoms with Crippen LogP contribution in [0.25, 0.3) is 0 Å². The van der Waals surface area contributed by atoms with Crippen LogP contribution >= 0.6 is 24.0 Å². The van der Waals surface area contributed by atoms with Gasteiger partial charge in [-0.3, -0.25) is 0 Å². The highest BCUT2D eigenvalue weighted by Crippen LogP contribution is 2.05. The summed E-state index contributed by atoms with van der Waals surface area (Å²) >= 11 is 0. The highest BCUT2D eigenvalue weighted by atomic mass is 127. The highest BCUT2D eigenvalue weighted by Gasteiger charge is 1.98. The lowest BCUT2D eigenvalue weighted by Gasteiger charge is -2.11. The average Bonchev–Trinajstić information content (AvgIpc) is 2.63. The third kappa shape index (κ3) is 9.03. The maximum atomic E-state index is 4.66. The smallest absolute Gasteiger partial charge is 0.191 e. The second kappa shape index (κ2) is 13.4. The van der Waals surface area contributed by atoms with E-state index in [1.165, 1.54) is 11.1 Å². The predicted molar refractivity (Wildman–Crippen MR) is 121 cm³/mol. The Labute approximate surface area is 174 Å². The van der Waals surface area contributed by atoms with Crippen molar-refractivity contribution in [3.63, 3.8) is 0 Å². The van der Waals surface area contributed by atoms with Crippen molar-refractivity contribution in [2.24, 2.45) is 4.99 Å². The van der Waals surface area contributed by atoms with Crippen LogP contribution in [-0.2, 0) is 6.54 Å². The number of aryl methyl sites for hydroxylation is 1. The first-order chi connectivity index (χ1) is 12.3. The number of guanidine groups is 1. The number of nitrogens with zero attached hydrogens (tertiary/aromatic N) is 2. The van der Waals surface area contributed by atoms with Gasteiger partial charge in [0.2, 0.25) is 0 Å². The Bertz CT molecular complexity index is 646. The molecule has 0 saturated carbocycles. The third-order valence-corrected chi connectivity index (χ3v) is 3.71. The fraction of sp³-hybridized carbons (Fsp3) is 0.400. The molecule has 0 spiro atoms. The maximum absolute atomic E-state index is 4.66. The molecule has 0 aliphatic rings. The van der Waals surface area contributed by atoms with E-state index in [4.69, 9.17) is 0 Å². The summed E-state index contributed by atoms with van der Waals surface area (Å²) in [6.07, 6.45) is 3.97. The minimum Gasteiger partial charge on any atom is -0.370 e. The summed E-state index contributed by atoms with van der Waals surface area (Å²) < 4.78 is 0. The van der Waals surface area contributed by atoms with Crippen LogP contribution in [0.5, 0.6) is 0 Å². The molecule has 5 nitrogen and oxygen atoms in total. The topological polar surface area (TPSA) is 61.3 Å². The fourth-order valence-corrected chi connectivity index (χ4v) is 2.46. The van der Waals surface area contributed by atoms with Crippen LogP contribution in [0, 0.1) is 6.92 Å². The molecule has 1 aromatic heterocycles. The summed E-state index contributed by atoms with van der Waals surface area (Å²) in [6, 6.07) is 14.4. The molecule has 0 amide bonds. The summed E-state index contributed by atoms with van der Waals surface area (Å²) in [5.41, 5.74) is 2.50. The molecule has 6 heteroatoms. The molecule has 0 fully saturated rings. The zero-order valence-electron chi connectivity index (χ0n) is 15.7. The number of pyridine rings is 1. The number of hydrogen-bond acceptors (Lipinski definition) is 3. The van der Waals surface area contributed by atoms with Crippen molar-refractivity contribution in [2.45, 2.75) is 33.2 Å². The van der Waals surface area contributed by atoms with E-state index in [0.29, 0.717) is 6.54 Å². The lowest BCUT2D eigenvalue weighted by atomic mass is 10.1. The zero-order chi connectivity index (χ0) is 17.7. The van der Waals surface area contributed by atoms with E-state index < -0.39 is 0 Å². The molecule has 0 aliphatic heterocycles. The van der Waals surface area contributed by atoms with Gasteiger partial charge >= 0.3 is 0 Å². The summed E-state index contributed by atoms with van der Waals surface area (Å²) in [5.74, 6) is 1.81. The average molecular weight is 467 g/mol. The van der Waals surface area contributed by atoms with Crippen LogP contribution in [0.3, 0.4) is 0 Å². The maximum Gasteiger partial charge on any atom is 0.191 e. The van der Waals surface area contributed by atoms with E-state index in [0.717, 1.165) is 44.3 Å². The van der Waals surface area contributed by atoms with Crippen molar-refractivity contribution in [3.8, 4) is 0 Å². The van der Waals surface area contributed by atoms with Gasteiger partial charge in [0.05, 0.1) is 6.54 Å². The molecule has 0 radical (unpaired) electrons. The molecule has 0 bridgehead atoms. The highest BCUT2D eigenvalue weighted by molar-refractivity contribution is 14.0. The lowest BCUT2D eigenvalue weighted by molar-refractivity contribution is 0.712. The van der Waals surface area contributed by atoms with Crippen LogP contribution in [-0.4, -0.2) is 30.6 Å². The van der Waals surface area contributed by atoms with E-state index in [2.05, 4.69) is 64.0 Å². The molecule has 0 atom stereocenters. The van der Waals surface area contributed by atoms with Crippen LogP contribution < -0.4 is 16.0 Å². The molecule has 142 valence electrons. The number of benzene rings is 1. The van der Waals surface area contributed by atoms with Crippen molar-refractivity contribution in [3.05, 3.63) is 59.8 Å². The molecule has 0 saturated heterocycles. The Balaban J connectivity index is 0.00000338. The normalized spacial score (nSPS) is 10.8. The molecule has 2 aromatic rings. The Morgan fingerprint density at radius 3 is 2.62 bits per heavy atom. The summed E-state index contributed by atoms with van der Waals surface area (Å²) in [6.45, 7) is 7.58. The second-order valence-corrected chi connectivity index (χ2v) is 5.96. The molecule has 3 N–H and O–H groups in total. The van der Waals surface area contributed by atoms with Crippen molar-refractivity contribution >= 4 is 35.8 Å². The van der Waals surface area contributed by atoms with Gasteiger partial charge in [0.1, 0.15) is 5.82 Å². The van der Waals surface area contributed by atoms with Crippen LogP contribution in [0.4, 0.5) is 5.82 Å². The van der Waals surface area contributed by atoms with Gasteiger partial charge in [-0.15, -0.1) is 24.0 Å². The van der Waals surface area contributed by atoms with Gasteiger partial charge in [-0.05, 0) is 44.4 Å². The lowest BCUT2D eigenvalue weighted by Crippen LogP contribution is -2.37. The largest absolute Gasteiger partial charge is 0.370 e. The SMILES string of the molecule is CCNC(=NCc1cccc(C)c1)NCCCCNc1ccccn1.I. The molecule has 1 aromatic carbocycles. The van der Waals surface area contributed by atoms with Gasteiger partial charge in [-0.1, -0.05) is 35.9 Å². The van der Waals surface area contributed by atoms with Crippen LogP contribution in [0.2, 0.25) is 0 Å². The molecule has 26 heavy (non-hydrogen) atoms. The molecule has 0 unspecified atom stereocenters. The second-order valence-electron chi connectivity index (χ2n) is 5.96. The first-order valence-corrected chi connectivity index (χ1v) is 9.00. The van der Waals surface area contributed by atoms with Crippen molar-refractivity contribution < 1.29 is 0 Å². The fourth-order valence-electron chi connectivity index (χ4n) is 2.46. The van der Waals surface area contributed by atoms with E-state index in [1.54, 1.807) is 6.20 Å².